The lowest BCUT2D eigenvalue weighted by molar-refractivity contribution is 0.354. The number of ether oxygens (including phenoxy) is 2. The molecule has 2 rings (SSSR count). The van der Waals surface area contributed by atoms with E-state index in [2.05, 4.69) is 34.4 Å². The van der Waals surface area contributed by atoms with Crippen molar-refractivity contribution in [1.82, 2.24) is 9.97 Å². The zero-order chi connectivity index (χ0) is 17.4. The minimum absolute atomic E-state index is 0.571. The zero-order valence-corrected chi connectivity index (χ0v) is 14.8. The van der Waals surface area contributed by atoms with Gasteiger partial charge < -0.3 is 20.1 Å². The van der Waals surface area contributed by atoms with Gasteiger partial charge >= 0.3 is 0 Å². The monoisotopic (exact) mass is 330 g/mol. The highest BCUT2D eigenvalue weighted by atomic mass is 16.5. The molecule has 0 spiro atoms. The Morgan fingerprint density at radius 1 is 0.958 bits per heavy atom. The molecule has 2 aromatic rings. The number of nitrogens with one attached hydrogen (secondary N) is 2. The number of hydrogen-bond donors (Lipinski definition) is 2. The fourth-order valence-corrected chi connectivity index (χ4v) is 2.23. The first-order chi connectivity index (χ1) is 11.6. The average molecular weight is 330 g/mol. The highest BCUT2D eigenvalue weighted by Crippen LogP contribution is 2.27. The molecule has 0 unspecified atom stereocenters. The van der Waals surface area contributed by atoms with Crippen LogP contribution in [0.25, 0.3) is 0 Å². The van der Waals surface area contributed by atoms with Crippen LogP contribution in [0.1, 0.15) is 19.4 Å². The summed E-state index contributed by atoms with van der Waals surface area (Å²) in [5.74, 6) is 3.72. The van der Waals surface area contributed by atoms with E-state index in [1.54, 1.807) is 20.5 Å². The maximum absolute atomic E-state index is 5.33. The van der Waals surface area contributed by atoms with Gasteiger partial charge in [0.15, 0.2) is 11.5 Å². The number of hydrogen-bond acceptors (Lipinski definition) is 6. The van der Waals surface area contributed by atoms with Gasteiger partial charge in [0.2, 0.25) is 0 Å². The van der Waals surface area contributed by atoms with Gasteiger partial charge in [-0.2, -0.15) is 0 Å². The van der Waals surface area contributed by atoms with E-state index in [4.69, 9.17) is 9.47 Å². The van der Waals surface area contributed by atoms with Crippen molar-refractivity contribution in [3.8, 4) is 11.5 Å². The van der Waals surface area contributed by atoms with Crippen LogP contribution < -0.4 is 20.1 Å². The van der Waals surface area contributed by atoms with Crippen LogP contribution in [0.2, 0.25) is 0 Å². The van der Waals surface area contributed by atoms with Crippen LogP contribution in [-0.2, 0) is 6.42 Å². The minimum Gasteiger partial charge on any atom is -0.493 e. The van der Waals surface area contributed by atoms with Gasteiger partial charge in [-0.1, -0.05) is 19.9 Å². The topological polar surface area (TPSA) is 68.3 Å². The maximum atomic E-state index is 5.33. The van der Waals surface area contributed by atoms with E-state index >= 15 is 0 Å². The molecule has 1 aromatic carbocycles. The molecule has 0 saturated carbocycles. The Balaban J connectivity index is 1.89. The SMILES string of the molecule is COc1ccc(CCNc2cc(NCC(C)C)ncn2)cc1OC. The van der Waals surface area contributed by atoms with Crippen LogP contribution >= 0.6 is 0 Å². The van der Waals surface area contributed by atoms with Crippen LogP contribution in [0, 0.1) is 5.92 Å². The number of nitrogens with zero attached hydrogens (tertiary/aromatic N) is 2. The first kappa shape index (κ1) is 17.8. The van der Waals surface area contributed by atoms with Gasteiger partial charge in [-0.05, 0) is 30.0 Å². The Morgan fingerprint density at radius 2 is 1.67 bits per heavy atom. The van der Waals surface area contributed by atoms with Crippen molar-refractivity contribution >= 4 is 11.6 Å². The molecule has 24 heavy (non-hydrogen) atoms. The first-order valence-electron chi connectivity index (χ1n) is 8.13. The van der Waals surface area contributed by atoms with Crippen LogP contribution in [-0.4, -0.2) is 37.3 Å². The van der Waals surface area contributed by atoms with Gasteiger partial charge in [0, 0.05) is 19.2 Å². The highest BCUT2D eigenvalue weighted by Gasteiger charge is 2.05. The molecule has 0 amide bonds. The Bertz CT molecular complexity index is 647. The summed E-state index contributed by atoms with van der Waals surface area (Å²) in [7, 11) is 3.28. The van der Waals surface area contributed by atoms with E-state index in [0.29, 0.717) is 5.92 Å². The van der Waals surface area contributed by atoms with E-state index < -0.39 is 0 Å². The molecule has 6 nitrogen and oxygen atoms in total. The molecule has 2 N–H and O–H groups in total. The van der Waals surface area contributed by atoms with Crippen molar-refractivity contribution in [2.45, 2.75) is 20.3 Å². The van der Waals surface area contributed by atoms with Crippen LogP contribution in [0.5, 0.6) is 11.5 Å². The summed E-state index contributed by atoms with van der Waals surface area (Å²) >= 11 is 0. The van der Waals surface area contributed by atoms with Gasteiger partial charge in [0.1, 0.15) is 18.0 Å². The van der Waals surface area contributed by atoms with Crippen molar-refractivity contribution in [3.05, 3.63) is 36.2 Å². The Morgan fingerprint density at radius 3 is 2.33 bits per heavy atom. The lowest BCUT2D eigenvalue weighted by atomic mass is 10.1. The number of anilines is 2. The smallest absolute Gasteiger partial charge is 0.160 e. The van der Waals surface area contributed by atoms with Gasteiger partial charge in [-0.15, -0.1) is 0 Å². The van der Waals surface area contributed by atoms with E-state index in [0.717, 1.165) is 42.6 Å². The van der Waals surface area contributed by atoms with Crippen molar-refractivity contribution in [3.63, 3.8) is 0 Å². The molecule has 1 heterocycles. The summed E-state index contributed by atoms with van der Waals surface area (Å²) in [6.07, 6.45) is 2.43. The molecule has 0 aliphatic heterocycles. The first-order valence-corrected chi connectivity index (χ1v) is 8.13. The zero-order valence-electron chi connectivity index (χ0n) is 14.8. The lowest BCUT2D eigenvalue weighted by Gasteiger charge is -2.11. The van der Waals surface area contributed by atoms with E-state index in [1.807, 2.05) is 24.3 Å². The molecular formula is C18H26N4O2. The van der Waals surface area contributed by atoms with Gasteiger partial charge in [0.25, 0.3) is 0 Å². The molecule has 130 valence electrons. The summed E-state index contributed by atoms with van der Waals surface area (Å²) in [6, 6.07) is 7.89. The summed E-state index contributed by atoms with van der Waals surface area (Å²) in [5.41, 5.74) is 1.17. The second-order valence-electron chi connectivity index (χ2n) is 5.93. The van der Waals surface area contributed by atoms with Crippen molar-refractivity contribution < 1.29 is 9.47 Å². The summed E-state index contributed by atoms with van der Waals surface area (Å²) in [4.78, 5) is 8.48. The lowest BCUT2D eigenvalue weighted by Crippen LogP contribution is -2.11. The second kappa shape index (κ2) is 8.96. The Kier molecular flexibility index (Phi) is 6.66. The Hall–Kier alpha value is -2.50. The molecule has 0 aliphatic carbocycles. The number of methoxy groups -OCH3 is 2. The molecule has 0 aliphatic rings. The Labute approximate surface area is 143 Å². The second-order valence-corrected chi connectivity index (χ2v) is 5.93. The fraction of sp³-hybridized carbons (Fsp3) is 0.444. The third kappa shape index (κ3) is 5.30. The van der Waals surface area contributed by atoms with Crippen LogP contribution in [0.3, 0.4) is 0 Å². The van der Waals surface area contributed by atoms with Crippen LogP contribution in [0.4, 0.5) is 11.6 Å². The van der Waals surface area contributed by atoms with E-state index in [9.17, 15) is 0 Å². The van der Waals surface area contributed by atoms with Crippen molar-refractivity contribution in [2.75, 3.05) is 37.9 Å². The van der Waals surface area contributed by atoms with Crippen LogP contribution in [0.15, 0.2) is 30.6 Å². The molecular weight excluding hydrogens is 304 g/mol. The van der Waals surface area contributed by atoms with Crippen molar-refractivity contribution in [1.29, 1.82) is 0 Å². The van der Waals surface area contributed by atoms with Gasteiger partial charge in [-0.3, -0.25) is 0 Å². The van der Waals surface area contributed by atoms with E-state index in [1.165, 1.54) is 5.56 Å². The van der Waals surface area contributed by atoms with E-state index in [-0.39, 0.29) is 0 Å². The standard InChI is InChI=1S/C18H26N4O2/c1-13(2)11-20-18-10-17(21-12-22-18)19-8-7-14-5-6-15(23-3)16(9-14)24-4/h5-6,9-10,12-13H,7-8,11H2,1-4H3,(H2,19,20,21,22). The van der Waals surface area contributed by atoms with Gasteiger partial charge in [0.05, 0.1) is 14.2 Å². The third-order valence-corrected chi connectivity index (χ3v) is 3.53. The number of rotatable bonds is 9. The molecule has 6 heteroatoms. The predicted molar refractivity (Wildman–Crippen MR) is 97.1 cm³/mol. The molecule has 0 bridgehead atoms. The molecule has 1 aromatic heterocycles. The quantitative estimate of drug-likeness (QED) is 0.736. The third-order valence-electron chi connectivity index (χ3n) is 3.53. The minimum atomic E-state index is 0.571. The summed E-state index contributed by atoms with van der Waals surface area (Å²) in [6.45, 7) is 5.99. The maximum Gasteiger partial charge on any atom is 0.160 e. The molecule has 0 radical (unpaired) electrons. The fourth-order valence-electron chi connectivity index (χ4n) is 2.23. The summed E-state index contributed by atoms with van der Waals surface area (Å²) < 4.78 is 10.6. The molecule has 0 saturated heterocycles. The summed E-state index contributed by atoms with van der Waals surface area (Å²) in [5, 5.41) is 6.62. The highest BCUT2D eigenvalue weighted by molar-refractivity contribution is 5.47. The number of benzene rings is 1. The largest absolute Gasteiger partial charge is 0.493 e. The van der Waals surface area contributed by atoms with Gasteiger partial charge in [-0.25, -0.2) is 9.97 Å². The normalized spacial score (nSPS) is 10.5. The predicted octanol–water partition coefficient (Wildman–Crippen LogP) is 3.22. The van der Waals surface area contributed by atoms with Crippen molar-refractivity contribution in [2.24, 2.45) is 5.92 Å². The molecule has 0 fully saturated rings. The number of aromatic nitrogens is 2. The molecule has 0 atom stereocenters. The average Bonchev–Trinajstić information content (AvgIpc) is 2.60.